The van der Waals surface area contributed by atoms with Crippen LogP contribution in [0.25, 0.3) is 0 Å². The standard InChI is InChI=1S/C13H12N4S/c18-13(16-11-6-2-1-3-7-11)17-15-10-12-8-4-5-9-14-12/h1-10H,(H2,16,17,18). The molecule has 18 heavy (non-hydrogen) atoms. The smallest absolute Gasteiger partial charge is 0.191 e. The van der Waals surface area contributed by atoms with E-state index in [4.69, 9.17) is 12.2 Å². The summed E-state index contributed by atoms with van der Waals surface area (Å²) < 4.78 is 0. The number of nitrogens with zero attached hydrogens (tertiary/aromatic N) is 2. The first-order chi connectivity index (χ1) is 8.84. The van der Waals surface area contributed by atoms with Crippen molar-refractivity contribution in [2.75, 3.05) is 5.32 Å². The fourth-order valence-corrected chi connectivity index (χ4v) is 1.46. The van der Waals surface area contributed by atoms with Crippen molar-refractivity contribution in [1.29, 1.82) is 0 Å². The molecule has 1 heterocycles. The lowest BCUT2D eigenvalue weighted by Crippen LogP contribution is -2.23. The molecule has 2 N–H and O–H groups in total. The molecule has 0 amide bonds. The third-order valence-corrected chi connectivity index (χ3v) is 2.28. The molecule has 1 aromatic carbocycles. The van der Waals surface area contributed by atoms with E-state index in [9.17, 15) is 0 Å². The first-order valence-electron chi connectivity index (χ1n) is 5.41. The van der Waals surface area contributed by atoms with Gasteiger partial charge >= 0.3 is 0 Å². The molecule has 0 bridgehead atoms. The lowest BCUT2D eigenvalue weighted by molar-refractivity contribution is 1.05. The predicted octanol–water partition coefficient (Wildman–Crippen LogP) is 2.40. The molecule has 0 aliphatic rings. The van der Waals surface area contributed by atoms with Crippen LogP contribution in [0.1, 0.15) is 5.69 Å². The van der Waals surface area contributed by atoms with Crippen LogP contribution >= 0.6 is 12.2 Å². The highest BCUT2D eigenvalue weighted by Gasteiger charge is 1.93. The number of nitrogens with one attached hydrogen (secondary N) is 2. The summed E-state index contributed by atoms with van der Waals surface area (Å²) in [5.74, 6) is 0. The van der Waals surface area contributed by atoms with Crippen molar-refractivity contribution in [3.8, 4) is 0 Å². The monoisotopic (exact) mass is 256 g/mol. The third kappa shape index (κ3) is 3.95. The molecule has 1 aromatic heterocycles. The van der Waals surface area contributed by atoms with Gasteiger partial charge in [0.05, 0.1) is 11.9 Å². The molecule has 0 aliphatic carbocycles. The molecule has 0 aliphatic heterocycles. The molecule has 0 saturated heterocycles. The Labute approximate surface area is 111 Å². The quantitative estimate of drug-likeness (QED) is 0.503. The number of hydrogen-bond donors (Lipinski definition) is 2. The Hall–Kier alpha value is -2.27. The van der Waals surface area contributed by atoms with Gasteiger partial charge in [0.25, 0.3) is 0 Å². The number of para-hydroxylation sites is 1. The van der Waals surface area contributed by atoms with Crippen molar-refractivity contribution in [3.63, 3.8) is 0 Å². The number of aromatic nitrogens is 1. The summed E-state index contributed by atoms with van der Waals surface area (Å²) in [7, 11) is 0. The fraction of sp³-hybridized carbons (Fsp3) is 0. The zero-order chi connectivity index (χ0) is 12.6. The molecule has 0 fully saturated rings. The molecule has 0 radical (unpaired) electrons. The Bertz CT molecular complexity index is 525. The topological polar surface area (TPSA) is 49.3 Å². The van der Waals surface area contributed by atoms with Crippen molar-refractivity contribution < 1.29 is 0 Å². The van der Waals surface area contributed by atoms with Crippen LogP contribution < -0.4 is 10.7 Å². The van der Waals surface area contributed by atoms with E-state index in [1.54, 1.807) is 12.4 Å². The van der Waals surface area contributed by atoms with E-state index >= 15 is 0 Å². The van der Waals surface area contributed by atoms with Gasteiger partial charge in [0.1, 0.15) is 0 Å². The van der Waals surface area contributed by atoms with Crippen LogP contribution in [0.4, 0.5) is 5.69 Å². The van der Waals surface area contributed by atoms with Crippen LogP contribution in [0.2, 0.25) is 0 Å². The number of thiocarbonyl (C=S) groups is 1. The van der Waals surface area contributed by atoms with Crippen LogP contribution in [0.3, 0.4) is 0 Å². The van der Waals surface area contributed by atoms with Crippen molar-refractivity contribution >= 4 is 29.2 Å². The summed E-state index contributed by atoms with van der Waals surface area (Å²) in [6, 6.07) is 15.3. The minimum atomic E-state index is 0.438. The van der Waals surface area contributed by atoms with Gasteiger partial charge in [-0.25, -0.2) is 0 Å². The maximum atomic E-state index is 5.10. The molecule has 0 unspecified atom stereocenters. The van der Waals surface area contributed by atoms with Crippen molar-refractivity contribution in [1.82, 2.24) is 10.4 Å². The average Bonchev–Trinajstić information content (AvgIpc) is 2.41. The van der Waals surface area contributed by atoms with Crippen LogP contribution in [-0.2, 0) is 0 Å². The van der Waals surface area contributed by atoms with E-state index in [0.29, 0.717) is 5.11 Å². The van der Waals surface area contributed by atoms with E-state index in [0.717, 1.165) is 11.4 Å². The molecule has 2 aromatic rings. The maximum Gasteiger partial charge on any atom is 0.191 e. The second-order valence-electron chi connectivity index (χ2n) is 3.44. The highest BCUT2D eigenvalue weighted by Crippen LogP contribution is 2.04. The highest BCUT2D eigenvalue weighted by atomic mass is 32.1. The lowest BCUT2D eigenvalue weighted by Gasteiger charge is -2.05. The maximum absolute atomic E-state index is 5.10. The molecule has 5 heteroatoms. The third-order valence-electron chi connectivity index (χ3n) is 2.08. The van der Waals surface area contributed by atoms with E-state index in [2.05, 4.69) is 20.8 Å². The normalized spacial score (nSPS) is 10.2. The zero-order valence-corrected chi connectivity index (χ0v) is 10.4. The number of hydrogen-bond acceptors (Lipinski definition) is 3. The molecule has 0 atom stereocenters. The van der Waals surface area contributed by atoms with Crippen LogP contribution in [0.15, 0.2) is 59.8 Å². The zero-order valence-electron chi connectivity index (χ0n) is 9.58. The van der Waals surface area contributed by atoms with E-state index < -0.39 is 0 Å². The lowest BCUT2D eigenvalue weighted by atomic mass is 10.3. The molecular formula is C13H12N4S. The Kier molecular flexibility index (Phi) is 4.38. The average molecular weight is 256 g/mol. The summed E-state index contributed by atoms with van der Waals surface area (Å²) in [4.78, 5) is 4.11. The van der Waals surface area contributed by atoms with Gasteiger partial charge in [0, 0.05) is 11.9 Å². The molecule has 2 rings (SSSR count). The van der Waals surface area contributed by atoms with Gasteiger partial charge in [0.15, 0.2) is 5.11 Å². The summed E-state index contributed by atoms with van der Waals surface area (Å²) in [6.45, 7) is 0. The second kappa shape index (κ2) is 6.46. The van der Waals surface area contributed by atoms with E-state index in [1.807, 2.05) is 48.5 Å². The van der Waals surface area contributed by atoms with Crippen LogP contribution in [0, 0.1) is 0 Å². The minimum absolute atomic E-state index is 0.438. The summed E-state index contributed by atoms with van der Waals surface area (Å²) in [5, 5.41) is 7.45. The Morgan fingerprint density at radius 3 is 2.61 bits per heavy atom. The SMILES string of the molecule is S=C(NN=Cc1ccccn1)Nc1ccccc1. The molecule has 4 nitrogen and oxygen atoms in total. The number of anilines is 1. The Balaban J connectivity index is 1.84. The summed E-state index contributed by atoms with van der Waals surface area (Å²) in [5.41, 5.74) is 4.42. The molecule has 0 spiro atoms. The minimum Gasteiger partial charge on any atom is -0.331 e. The first-order valence-corrected chi connectivity index (χ1v) is 5.81. The van der Waals surface area contributed by atoms with Crippen molar-refractivity contribution in [2.24, 2.45) is 5.10 Å². The molecule has 0 saturated carbocycles. The van der Waals surface area contributed by atoms with Gasteiger partial charge in [-0.1, -0.05) is 24.3 Å². The number of benzene rings is 1. The van der Waals surface area contributed by atoms with Crippen molar-refractivity contribution in [3.05, 3.63) is 60.4 Å². The van der Waals surface area contributed by atoms with Gasteiger partial charge in [-0.3, -0.25) is 10.4 Å². The fourth-order valence-electron chi connectivity index (χ4n) is 1.29. The Morgan fingerprint density at radius 1 is 1.11 bits per heavy atom. The Morgan fingerprint density at radius 2 is 1.89 bits per heavy atom. The summed E-state index contributed by atoms with van der Waals surface area (Å²) in [6.07, 6.45) is 3.32. The van der Waals surface area contributed by atoms with Crippen LogP contribution in [0.5, 0.6) is 0 Å². The number of pyridine rings is 1. The molecule has 90 valence electrons. The second-order valence-corrected chi connectivity index (χ2v) is 3.85. The molecular weight excluding hydrogens is 244 g/mol. The number of rotatable bonds is 3. The predicted molar refractivity (Wildman–Crippen MR) is 77.6 cm³/mol. The largest absolute Gasteiger partial charge is 0.331 e. The van der Waals surface area contributed by atoms with Gasteiger partial charge in [-0.15, -0.1) is 0 Å². The van der Waals surface area contributed by atoms with Crippen molar-refractivity contribution in [2.45, 2.75) is 0 Å². The van der Waals surface area contributed by atoms with Gasteiger partial charge in [0.2, 0.25) is 0 Å². The van der Waals surface area contributed by atoms with E-state index in [-0.39, 0.29) is 0 Å². The van der Waals surface area contributed by atoms with E-state index in [1.165, 1.54) is 0 Å². The first kappa shape index (κ1) is 12.2. The van der Waals surface area contributed by atoms with Gasteiger partial charge < -0.3 is 5.32 Å². The number of hydrazone groups is 1. The van der Waals surface area contributed by atoms with Crippen LogP contribution in [-0.4, -0.2) is 16.3 Å². The summed E-state index contributed by atoms with van der Waals surface area (Å²) >= 11 is 5.10. The van der Waals surface area contributed by atoms with Gasteiger partial charge in [-0.05, 0) is 36.5 Å². The highest BCUT2D eigenvalue weighted by molar-refractivity contribution is 7.80. The van der Waals surface area contributed by atoms with Gasteiger partial charge in [-0.2, -0.15) is 5.10 Å².